The molecule has 1 fully saturated rings. The molecule has 0 radical (unpaired) electrons. The van der Waals surface area contributed by atoms with Crippen LogP contribution in [0.3, 0.4) is 0 Å². The normalized spacial score (nSPS) is 15.3. The first kappa shape index (κ1) is 19.9. The Morgan fingerprint density at radius 2 is 2.08 bits per heavy atom. The van der Waals surface area contributed by atoms with Crippen molar-refractivity contribution in [3.8, 4) is 5.75 Å². The van der Waals surface area contributed by atoms with Crippen LogP contribution in [0.1, 0.15) is 38.2 Å². The number of benzene rings is 1. The number of piperidine rings is 1. The molecule has 2 rings (SSSR count). The summed E-state index contributed by atoms with van der Waals surface area (Å²) in [6.07, 6.45) is 6.43. The van der Waals surface area contributed by atoms with E-state index >= 15 is 0 Å². The predicted octanol–water partition coefficient (Wildman–Crippen LogP) is 3.00. The van der Waals surface area contributed by atoms with Crippen LogP contribution in [0, 0.1) is 11.7 Å². The van der Waals surface area contributed by atoms with E-state index in [9.17, 15) is 14.0 Å². The average molecular weight is 362 g/mol. The van der Waals surface area contributed by atoms with Gasteiger partial charge >= 0.3 is 0 Å². The quantitative estimate of drug-likeness (QED) is 0.599. The standard InChI is InChI=1S/C20H27FN2O3/c1-3-4-11-22-20(25)16-9-12-23(13-10-16)19(24)8-6-15-5-7-18(26-2)17(21)14-15/h5-8,14,16H,3-4,9-13H2,1-2H3,(H,22,25). The molecule has 142 valence electrons. The molecule has 1 saturated heterocycles. The van der Waals surface area contributed by atoms with E-state index in [0.29, 0.717) is 31.5 Å². The summed E-state index contributed by atoms with van der Waals surface area (Å²) in [7, 11) is 1.41. The summed E-state index contributed by atoms with van der Waals surface area (Å²) in [6.45, 7) is 3.93. The molecule has 0 spiro atoms. The van der Waals surface area contributed by atoms with Gasteiger partial charge in [-0.3, -0.25) is 9.59 Å². The van der Waals surface area contributed by atoms with E-state index in [1.165, 1.54) is 25.3 Å². The lowest BCUT2D eigenvalue weighted by Crippen LogP contribution is -2.42. The van der Waals surface area contributed by atoms with Crippen LogP contribution in [0.5, 0.6) is 5.75 Å². The monoisotopic (exact) mass is 362 g/mol. The first-order chi connectivity index (χ1) is 12.5. The molecule has 6 heteroatoms. The second-order valence-corrected chi connectivity index (χ2v) is 6.47. The Hall–Kier alpha value is -2.37. The van der Waals surface area contributed by atoms with E-state index in [4.69, 9.17) is 4.74 Å². The van der Waals surface area contributed by atoms with Gasteiger partial charge in [0.2, 0.25) is 11.8 Å². The summed E-state index contributed by atoms with van der Waals surface area (Å²) in [5.41, 5.74) is 0.599. The molecule has 1 aromatic carbocycles. The third kappa shape index (κ3) is 5.58. The number of methoxy groups -OCH3 is 1. The summed E-state index contributed by atoms with van der Waals surface area (Å²) in [6, 6.07) is 4.55. The Labute approximate surface area is 154 Å². The number of hydrogen-bond donors (Lipinski definition) is 1. The molecule has 1 aliphatic rings. The molecule has 0 atom stereocenters. The molecule has 1 aliphatic heterocycles. The van der Waals surface area contributed by atoms with E-state index in [2.05, 4.69) is 12.2 Å². The van der Waals surface area contributed by atoms with Gasteiger partial charge in [0.25, 0.3) is 0 Å². The lowest BCUT2D eigenvalue weighted by atomic mass is 9.95. The summed E-state index contributed by atoms with van der Waals surface area (Å²) in [5.74, 6) is -0.332. The minimum Gasteiger partial charge on any atom is -0.494 e. The van der Waals surface area contributed by atoms with Crippen LogP contribution in [0.2, 0.25) is 0 Å². The Morgan fingerprint density at radius 3 is 2.69 bits per heavy atom. The predicted molar refractivity (Wildman–Crippen MR) is 99.2 cm³/mol. The van der Waals surface area contributed by atoms with Gasteiger partial charge in [-0.05, 0) is 43.0 Å². The van der Waals surface area contributed by atoms with Gasteiger partial charge < -0.3 is 15.0 Å². The maximum atomic E-state index is 13.7. The van der Waals surface area contributed by atoms with Crippen molar-refractivity contribution in [1.29, 1.82) is 0 Å². The number of carbonyl (C=O) groups excluding carboxylic acids is 2. The molecular formula is C20H27FN2O3. The second kappa shape index (κ2) is 9.94. The highest BCUT2D eigenvalue weighted by molar-refractivity contribution is 5.92. The van der Waals surface area contributed by atoms with Crippen LogP contribution in [0.15, 0.2) is 24.3 Å². The molecule has 2 amide bonds. The van der Waals surface area contributed by atoms with Crippen molar-refractivity contribution in [3.63, 3.8) is 0 Å². The molecule has 1 heterocycles. The molecule has 0 aromatic heterocycles. The molecule has 0 saturated carbocycles. The maximum absolute atomic E-state index is 13.7. The zero-order chi connectivity index (χ0) is 18.9. The number of hydrogen-bond acceptors (Lipinski definition) is 3. The van der Waals surface area contributed by atoms with Crippen LogP contribution < -0.4 is 10.1 Å². The Morgan fingerprint density at radius 1 is 1.35 bits per heavy atom. The Bertz CT molecular complexity index is 652. The summed E-state index contributed by atoms with van der Waals surface area (Å²) in [4.78, 5) is 26.1. The molecule has 0 aliphatic carbocycles. The zero-order valence-corrected chi connectivity index (χ0v) is 15.5. The van der Waals surface area contributed by atoms with Crippen LogP contribution in [0.25, 0.3) is 6.08 Å². The van der Waals surface area contributed by atoms with Crippen molar-refractivity contribution < 1.29 is 18.7 Å². The molecule has 1 aromatic rings. The fourth-order valence-corrected chi connectivity index (χ4v) is 2.95. The molecule has 26 heavy (non-hydrogen) atoms. The van der Waals surface area contributed by atoms with Crippen LogP contribution in [-0.4, -0.2) is 43.5 Å². The second-order valence-electron chi connectivity index (χ2n) is 6.47. The number of halogens is 1. The SMILES string of the molecule is CCCCNC(=O)C1CCN(C(=O)C=Cc2ccc(OC)c(F)c2)CC1. The van der Waals surface area contributed by atoms with Crippen LogP contribution in [-0.2, 0) is 9.59 Å². The van der Waals surface area contributed by atoms with Gasteiger partial charge in [-0.25, -0.2) is 4.39 Å². The molecular weight excluding hydrogens is 335 g/mol. The van der Waals surface area contributed by atoms with Gasteiger partial charge in [-0.15, -0.1) is 0 Å². The lowest BCUT2D eigenvalue weighted by molar-refractivity contribution is -0.132. The highest BCUT2D eigenvalue weighted by atomic mass is 19.1. The zero-order valence-electron chi connectivity index (χ0n) is 15.5. The van der Waals surface area contributed by atoms with Gasteiger partial charge in [0.1, 0.15) is 0 Å². The third-order valence-corrected chi connectivity index (χ3v) is 4.60. The Balaban J connectivity index is 1.82. The smallest absolute Gasteiger partial charge is 0.246 e. The molecule has 0 unspecified atom stereocenters. The minimum absolute atomic E-state index is 0.0180. The van der Waals surface area contributed by atoms with E-state index in [0.717, 1.165) is 19.4 Å². The highest BCUT2D eigenvalue weighted by Gasteiger charge is 2.26. The maximum Gasteiger partial charge on any atom is 0.246 e. The van der Waals surface area contributed by atoms with Gasteiger partial charge in [0, 0.05) is 31.6 Å². The highest BCUT2D eigenvalue weighted by Crippen LogP contribution is 2.20. The lowest BCUT2D eigenvalue weighted by Gasteiger charge is -2.30. The first-order valence-corrected chi connectivity index (χ1v) is 9.13. The molecule has 1 N–H and O–H groups in total. The minimum atomic E-state index is -0.461. The van der Waals surface area contributed by atoms with Crippen LogP contribution >= 0.6 is 0 Å². The number of rotatable bonds is 7. The number of unbranched alkanes of at least 4 members (excludes halogenated alkanes) is 1. The number of ether oxygens (including phenoxy) is 1. The number of carbonyl (C=O) groups is 2. The Kier molecular flexibility index (Phi) is 7.63. The van der Waals surface area contributed by atoms with Crippen molar-refractivity contribution in [2.24, 2.45) is 5.92 Å². The molecule has 5 nitrogen and oxygen atoms in total. The first-order valence-electron chi connectivity index (χ1n) is 9.13. The number of amides is 2. The van der Waals surface area contributed by atoms with Crippen molar-refractivity contribution in [1.82, 2.24) is 10.2 Å². The van der Waals surface area contributed by atoms with Gasteiger partial charge in [-0.1, -0.05) is 19.4 Å². The van der Waals surface area contributed by atoms with Gasteiger partial charge in [0.05, 0.1) is 7.11 Å². The number of likely N-dealkylation sites (tertiary alicyclic amines) is 1. The summed E-state index contributed by atoms with van der Waals surface area (Å²) >= 11 is 0. The van der Waals surface area contributed by atoms with Crippen LogP contribution in [0.4, 0.5) is 4.39 Å². The summed E-state index contributed by atoms with van der Waals surface area (Å²) in [5, 5.41) is 2.96. The van der Waals surface area contributed by atoms with Gasteiger partial charge in [0.15, 0.2) is 11.6 Å². The number of nitrogens with one attached hydrogen (secondary N) is 1. The van der Waals surface area contributed by atoms with Crippen molar-refractivity contribution in [2.75, 3.05) is 26.7 Å². The summed E-state index contributed by atoms with van der Waals surface area (Å²) < 4.78 is 18.5. The fraction of sp³-hybridized carbons (Fsp3) is 0.500. The topological polar surface area (TPSA) is 58.6 Å². The van der Waals surface area contributed by atoms with Crippen molar-refractivity contribution in [2.45, 2.75) is 32.6 Å². The van der Waals surface area contributed by atoms with E-state index in [1.807, 2.05) is 0 Å². The van der Waals surface area contributed by atoms with Gasteiger partial charge in [-0.2, -0.15) is 0 Å². The molecule has 0 bridgehead atoms. The fourth-order valence-electron chi connectivity index (χ4n) is 2.95. The van der Waals surface area contributed by atoms with E-state index < -0.39 is 5.82 Å². The third-order valence-electron chi connectivity index (χ3n) is 4.60. The number of nitrogens with zero attached hydrogens (tertiary/aromatic N) is 1. The average Bonchev–Trinajstić information content (AvgIpc) is 2.66. The van der Waals surface area contributed by atoms with Crippen molar-refractivity contribution >= 4 is 17.9 Å². The van der Waals surface area contributed by atoms with E-state index in [-0.39, 0.29) is 23.5 Å². The van der Waals surface area contributed by atoms with E-state index in [1.54, 1.807) is 17.0 Å². The van der Waals surface area contributed by atoms with Crippen molar-refractivity contribution in [3.05, 3.63) is 35.7 Å². The largest absolute Gasteiger partial charge is 0.494 e.